The molecule has 1 aromatic rings. The summed E-state index contributed by atoms with van der Waals surface area (Å²) in [6.07, 6.45) is 0. The van der Waals surface area contributed by atoms with Crippen LogP contribution in [0.25, 0.3) is 0 Å². The van der Waals surface area contributed by atoms with E-state index in [1.165, 1.54) is 0 Å². The van der Waals surface area contributed by atoms with Gasteiger partial charge in [-0.15, -0.1) is 0 Å². The van der Waals surface area contributed by atoms with Crippen LogP contribution in [0.15, 0.2) is 16.6 Å². The van der Waals surface area contributed by atoms with Crippen LogP contribution >= 0.6 is 27.5 Å². The summed E-state index contributed by atoms with van der Waals surface area (Å²) in [5, 5.41) is 0.0830. The SMILES string of the molecule is CC(NN)c1ccc(Br)c(Cl)c1F. The van der Waals surface area contributed by atoms with E-state index in [4.69, 9.17) is 17.4 Å². The molecule has 1 unspecified atom stereocenters. The molecule has 0 bridgehead atoms. The van der Waals surface area contributed by atoms with E-state index in [0.29, 0.717) is 10.0 Å². The highest BCUT2D eigenvalue weighted by molar-refractivity contribution is 9.10. The molecule has 13 heavy (non-hydrogen) atoms. The van der Waals surface area contributed by atoms with Gasteiger partial charge in [-0.2, -0.15) is 0 Å². The number of hydrazine groups is 1. The molecule has 0 radical (unpaired) electrons. The highest BCUT2D eigenvalue weighted by Crippen LogP contribution is 2.29. The minimum absolute atomic E-state index is 0.0830. The van der Waals surface area contributed by atoms with Crippen LogP contribution in [0.5, 0.6) is 0 Å². The van der Waals surface area contributed by atoms with Gasteiger partial charge in [0.1, 0.15) is 5.82 Å². The summed E-state index contributed by atoms with van der Waals surface area (Å²) in [7, 11) is 0. The van der Waals surface area contributed by atoms with Gasteiger partial charge in [-0.05, 0) is 28.9 Å². The van der Waals surface area contributed by atoms with Crippen LogP contribution in [-0.4, -0.2) is 0 Å². The van der Waals surface area contributed by atoms with Crippen molar-refractivity contribution >= 4 is 27.5 Å². The van der Waals surface area contributed by atoms with Gasteiger partial charge in [0.2, 0.25) is 0 Å². The number of nitrogens with two attached hydrogens (primary N) is 1. The quantitative estimate of drug-likeness (QED) is 0.491. The molecule has 1 rings (SSSR count). The second-order valence-corrected chi connectivity index (χ2v) is 3.89. The fourth-order valence-electron chi connectivity index (χ4n) is 0.965. The normalized spacial score (nSPS) is 13.0. The van der Waals surface area contributed by atoms with Gasteiger partial charge in [-0.3, -0.25) is 11.3 Å². The van der Waals surface area contributed by atoms with Crippen molar-refractivity contribution in [1.29, 1.82) is 0 Å². The van der Waals surface area contributed by atoms with Crippen LogP contribution in [0.2, 0.25) is 5.02 Å². The second-order valence-electron chi connectivity index (χ2n) is 2.65. The van der Waals surface area contributed by atoms with E-state index in [9.17, 15) is 4.39 Å². The molecule has 2 nitrogen and oxygen atoms in total. The standard InChI is InChI=1S/C8H9BrClFN2/c1-4(13-12)5-2-3-6(9)7(10)8(5)11/h2-4,13H,12H2,1H3. The smallest absolute Gasteiger partial charge is 0.147 e. The van der Waals surface area contributed by atoms with E-state index in [2.05, 4.69) is 21.4 Å². The molecule has 3 N–H and O–H groups in total. The Labute approximate surface area is 89.4 Å². The van der Waals surface area contributed by atoms with Crippen molar-refractivity contribution < 1.29 is 4.39 Å². The first-order valence-corrected chi connectivity index (χ1v) is 4.84. The van der Waals surface area contributed by atoms with Crippen molar-refractivity contribution in [3.8, 4) is 0 Å². The largest absolute Gasteiger partial charge is 0.271 e. The summed E-state index contributed by atoms with van der Waals surface area (Å²) in [5.74, 6) is 4.75. The lowest BCUT2D eigenvalue weighted by Gasteiger charge is -2.12. The highest BCUT2D eigenvalue weighted by Gasteiger charge is 2.14. The third kappa shape index (κ3) is 2.20. The summed E-state index contributed by atoms with van der Waals surface area (Å²) in [6.45, 7) is 1.75. The zero-order chi connectivity index (χ0) is 10.0. The Morgan fingerprint density at radius 2 is 2.23 bits per heavy atom. The minimum Gasteiger partial charge on any atom is -0.271 e. The highest BCUT2D eigenvalue weighted by atomic mass is 79.9. The van der Waals surface area contributed by atoms with Gasteiger partial charge in [-0.25, -0.2) is 4.39 Å². The summed E-state index contributed by atoms with van der Waals surface area (Å²) < 4.78 is 14.0. The van der Waals surface area contributed by atoms with E-state index in [-0.39, 0.29) is 11.1 Å². The molecule has 1 atom stereocenters. The Kier molecular flexibility index (Phi) is 3.67. The van der Waals surface area contributed by atoms with Gasteiger partial charge in [0.25, 0.3) is 0 Å². The summed E-state index contributed by atoms with van der Waals surface area (Å²) in [6, 6.07) is 3.07. The van der Waals surface area contributed by atoms with Crippen LogP contribution in [0.3, 0.4) is 0 Å². The molecule has 0 aromatic heterocycles. The maximum atomic E-state index is 13.4. The lowest BCUT2D eigenvalue weighted by molar-refractivity contribution is 0.541. The Morgan fingerprint density at radius 3 is 2.77 bits per heavy atom. The van der Waals surface area contributed by atoms with Crippen molar-refractivity contribution in [1.82, 2.24) is 5.43 Å². The van der Waals surface area contributed by atoms with Crippen LogP contribution in [0.4, 0.5) is 4.39 Å². The zero-order valence-electron chi connectivity index (χ0n) is 6.94. The molecule has 0 aliphatic rings. The van der Waals surface area contributed by atoms with Gasteiger partial charge in [-0.1, -0.05) is 17.7 Å². The predicted octanol–water partition coefficient (Wildman–Crippen LogP) is 2.77. The Hall–Kier alpha value is -0.160. The topological polar surface area (TPSA) is 38.0 Å². The molecular weight excluding hydrogens is 258 g/mol. The van der Waals surface area contributed by atoms with Crippen LogP contribution in [0.1, 0.15) is 18.5 Å². The molecule has 1 aromatic carbocycles. The van der Waals surface area contributed by atoms with Gasteiger partial charge in [0.05, 0.1) is 5.02 Å². The molecule has 0 amide bonds. The zero-order valence-corrected chi connectivity index (χ0v) is 9.29. The van der Waals surface area contributed by atoms with Crippen molar-refractivity contribution in [3.05, 3.63) is 33.0 Å². The number of hydrogen-bond acceptors (Lipinski definition) is 2. The molecule has 0 saturated heterocycles. The third-order valence-corrected chi connectivity index (χ3v) is 3.04. The van der Waals surface area contributed by atoms with Gasteiger partial charge in [0.15, 0.2) is 0 Å². The summed E-state index contributed by atoms with van der Waals surface area (Å²) in [4.78, 5) is 0. The van der Waals surface area contributed by atoms with Crippen molar-refractivity contribution in [2.24, 2.45) is 5.84 Å². The lowest BCUT2D eigenvalue weighted by atomic mass is 10.1. The fourth-order valence-corrected chi connectivity index (χ4v) is 1.44. The maximum absolute atomic E-state index is 13.4. The average molecular weight is 268 g/mol. The van der Waals surface area contributed by atoms with Gasteiger partial charge >= 0.3 is 0 Å². The molecule has 5 heteroatoms. The third-order valence-electron chi connectivity index (χ3n) is 1.78. The Balaban J connectivity index is 3.18. The molecule has 72 valence electrons. The molecule has 0 spiro atoms. The van der Waals surface area contributed by atoms with Gasteiger partial charge in [0, 0.05) is 16.1 Å². The first-order valence-electron chi connectivity index (χ1n) is 3.67. The second kappa shape index (κ2) is 4.37. The molecule has 0 fully saturated rings. The maximum Gasteiger partial charge on any atom is 0.147 e. The number of benzene rings is 1. The molecule has 0 heterocycles. The Bertz CT molecular complexity index is 319. The summed E-state index contributed by atoms with van der Waals surface area (Å²) in [5.41, 5.74) is 2.91. The van der Waals surface area contributed by atoms with Crippen molar-refractivity contribution in [3.63, 3.8) is 0 Å². The Morgan fingerprint density at radius 1 is 1.62 bits per heavy atom. The van der Waals surface area contributed by atoms with Crippen molar-refractivity contribution in [2.75, 3.05) is 0 Å². The van der Waals surface area contributed by atoms with Crippen LogP contribution in [-0.2, 0) is 0 Å². The molecule has 0 aliphatic carbocycles. The molecule has 0 aliphatic heterocycles. The number of halogens is 3. The fraction of sp³-hybridized carbons (Fsp3) is 0.250. The number of hydrogen-bond donors (Lipinski definition) is 2. The molecule has 0 saturated carbocycles. The predicted molar refractivity (Wildman–Crippen MR) is 54.8 cm³/mol. The van der Waals surface area contributed by atoms with Crippen molar-refractivity contribution in [2.45, 2.75) is 13.0 Å². The average Bonchev–Trinajstić information content (AvgIpc) is 2.13. The van der Waals surface area contributed by atoms with Gasteiger partial charge < -0.3 is 0 Å². The van der Waals surface area contributed by atoms with E-state index in [1.807, 2.05) is 0 Å². The number of nitrogens with one attached hydrogen (secondary N) is 1. The van der Waals surface area contributed by atoms with Crippen LogP contribution < -0.4 is 11.3 Å². The van der Waals surface area contributed by atoms with Crippen LogP contribution in [0, 0.1) is 5.82 Å². The summed E-state index contributed by atoms with van der Waals surface area (Å²) >= 11 is 8.82. The number of rotatable bonds is 2. The first kappa shape index (κ1) is 10.9. The monoisotopic (exact) mass is 266 g/mol. The lowest BCUT2D eigenvalue weighted by Crippen LogP contribution is -2.26. The van der Waals surface area contributed by atoms with E-state index in [0.717, 1.165) is 0 Å². The van der Waals surface area contributed by atoms with E-state index in [1.54, 1.807) is 19.1 Å². The van der Waals surface area contributed by atoms with E-state index >= 15 is 0 Å². The molecular formula is C8H9BrClFN2. The first-order chi connectivity index (χ1) is 6.07. The van der Waals surface area contributed by atoms with E-state index < -0.39 is 5.82 Å². The minimum atomic E-state index is -0.443.